The van der Waals surface area contributed by atoms with Crippen molar-refractivity contribution >= 4 is 34.5 Å². The summed E-state index contributed by atoms with van der Waals surface area (Å²) < 4.78 is 42.1. The Labute approximate surface area is 178 Å². The SMILES string of the molecule is O=C(c1cnn2c(C(F)(F)F)cc(-c3ccc(Cl)s3)nc12)N1CCN(CCO)CC1. The number of hydrogen-bond donors (Lipinski definition) is 1. The molecule has 0 bridgehead atoms. The lowest BCUT2D eigenvalue weighted by molar-refractivity contribution is -0.142. The van der Waals surface area contributed by atoms with Crippen LogP contribution in [0.3, 0.4) is 0 Å². The van der Waals surface area contributed by atoms with E-state index in [1.165, 1.54) is 0 Å². The van der Waals surface area contributed by atoms with E-state index in [0.29, 0.717) is 46.5 Å². The zero-order valence-corrected chi connectivity index (χ0v) is 17.1. The fourth-order valence-corrected chi connectivity index (χ4v) is 4.38. The molecule has 1 fully saturated rings. The zero-order valence-electron chi connectivity index (χ0n) is 15.6. The molecule has 3 aromatic heterocycles. The van der Waals surface area contributed by atoms with Crippen molar-refractivity contribution in [2.24, 2.45) is 0 Å². The molecule has 7 nitrogen and oxygen atoms in total. The molecule has 1 aliphatic heterocycles. The number of hydrogen-bond acceptors (Lipinski definition) is 6. The summed E-state index contributed by atoms with van der Waals surface area (Å²) in [6.07, 6.45) is -3.55. The molecule has 4 heterocycles. The van der Waals surface area contributed by atoms with Gasteiger partial charge in [0.15, 0.2) is 11.3 Å². The van der Waals surface area contributed by atoms with Gasteiger partial charge in [0.1, 0.15) is 5.56 Å². The molecule has 3 aromatic rings. The lowest BCUT2D eigenvalue weighted by Crippen LogP contribution is -2.49. The molecule has 30 heavy (non-hydrogen) atoms. The lowest BCUT2D eigenvalue weighted by atomic mass is 10.2. The van der Waals surface area contributed by atoms with Crippen molar-refractivity contribution in [1.82, 2.24) is 24.4 Å². The number of piperazine rings is 1. The van der Waals surface area contributed by atoms with Crippen LogP contribution in [0.4, 0.5) is 13.2 Å². The van der Waals surface area contributed by atoms with E-state index in [1.54, 1.807) is 17.0 Å². The maximum atomic E-state index is 13.7. The third-order valence-corrected chi connectivity index (χ3v) is 6.15. The van der Waals surface area contributed by atoms with Gasteiger partial charge < -0.3 is 10.0 Å². The van der Waals surface area contributed by atoms with Crippen LogP contribution < -0.4 is 0 Å². The van der Waals surface area contributed by atoms with Gasteiger partial charge in [0.05, 0.1) is 27.7 Å². The number of rotatable bonds is 4. The molecule has 0 aromatic carbocycles. The van der Waals surface area contributed by atoms with Gasteiger partial charge in [-0.2, -0.15) is 18.3 Å². The Morgan fingerprint density at radius 2 is 1.97 bits per heavy atom. The number of alkyl halides is 3. The normalized spacial score (nSPS) is 15.8. The van der Waals surface area contributed by atoms with Crippen molar-refractivity contribution < 1.29 is 23.1 Å². The van der Waals surface area contributed by atoms with Gasteiger partial charge in [0.2, 0.25) is 0 Å². The first-order valence-corrected chi connectivity index (χ1v) is 10.3. The maximum Gasteiger partial charge on any atom is 0.433 e. The van der Waals surface area contributed by atoms with Crippen LogP contribution >= 0.6 is 22.9 Å². The Morgan fingerprint density at radius 1 is 1.23 bits per heavy atom. The predicted octanol–water partition coefficient (Wildman–Crippen LogP) is 2.88. The summed E-state index contributed by atoms with van der Waals surface area (Å²) in [6.45, 7) is 2.51. The highest BCUT2D eigenvalue weighted by Gasteiger charge is 2.36. The molecule has 12 heteroatoms. The molecule has 0 saturated carbocycles. The van der Waals surface area contributed by atoms with Crippen LogP contribution in [0.2, 0.25) is 4.34 Å². The zero-order chi connectivity index (χ0) is 21.5. The van der Waals surface area contributed by atoms with E-state index >= 15 is 0 Å². The van der Waals surface area contributed by atoms with Crippen LogP contribution in [0, 0.1) is 0 Å². The van der Waals surface area contributed by atoms with Crippen molar-refractivity contribution in [2.75, 3.05) is 39.3 Å². The molecule has 1 aliphatic rings. The van der Waals surface area contributed by atoms with Gasteiger partial charge in [0.25, 0.3) is 5.91 Å². The van der Waals surface area contributed by atoms with Gasteiger partial charge in [0, 0.05) is 32.7 Å². The maximum absolute atomic E-state index is 13.7. The molecule has 0 atom stereocenters. The predicted molar refractivity (Wildman–Crippen MR) is 106 cm³/mol. The van der Waals surface area contributed by atoms with Crippen LogP contribution in [0.5, 0.6) is 0 Å². The van der Waals surface area contributed by atoms with E-state index in [-0.39, 0.29) is 23.5 Å². The fourth-order valence-electron chi connectivity index (χ4n) is 3.38. The Balaban J connectivity index is 1.73. The first-order valence-electron chi connectivity index (χ1n) is 9.12. The van der Waals surface area contributed by atoms with Crippen molar-refractivity contribution in [3.05, 3.63) is 40.0 Å². The van der Waals surface area contributed by atoms with E-state index in [1.807, 2.05) is 4.90 Å². The number of amides is 1. The molecule has 1 N–H and O–H groups in total. The molecule has 1 saturated heterocycles. The number of nitrogens with zero attached hydrogens (tertiary/aromatic N) is 5. The summed E-state index contributed by atoms with van der Waals surface area (Å²) >= 11 is 7.03. The third kappa shape index (κ3) is 4.02. The van der Waals surface area contributed by atoms with Gasteiger partial charge in [-0.25, -0.2) is 9.50 Å². The minimum absolute atomic E-state index is 0.0145. The van der Waals surface area contributed by atoms with E-state index in [4.69, 9.17) is 16.7 Å². The summed E-state index contributed by atoms with van der Waals surface area (Å²) in [7, 11) is 0. The fraction of sp³-hybridized carbons (Fsp3) is 0.389. The number of halogens is 4. The van der Waals surface area contributed by atoms with Crippen molar-refractivity contribution in [2.45, 2.75) is 6.18 Å². The number of aliphatic hydroxyl groups excluding tert-OH is 1. The van der Waals surface area contributed by atoms with Crippen LogP contribution in [0.25, 0.3) is 16.2 Å². The smallest absolute Gasteiger partial charge is 0.395 e. The molecular formula is C18H17ClF3N5O2S. The average molecular weight is 460 g/mol. The Kier molecular flexibility index (Phi) is 5.71. The number of β-amino-alcohol motifs (C(OH)–C–C–N with tert-alkyl or cyclic N) is 1. The van der Waals surface area contributed by atoms with E-state index < -0.39 is 17.8 Å². The monoisotopic (exact) mass is 459 g/mol. The molecule has 4 rings (SSSR count). The quantitative estimate of drug-likeness (QED) is 0.649. The van der Waals surface area contributed by atoms with Gasteiger partial charge in [-0.1, -0.05) is 11.6 Å². The number of carbonyl (C=O) groups excluding carboxylic acids is 1. The second-order valence-corrected chi connectivity index (χ2v) is 8.49. The van der Waals surface area contributed by atoms with E-state index in [0.717, 1.165) is 23.6 Å². The Bertz CT molecular complexity index is 1080. The highest BCUT2D eigenvalue weighted by atomic mass is 35.5. The summed E-state index contributed by atoms with van der Waals surface area (Å²) in [5.41, 5.74) is -1.07. The topological polar surface area (TPSA) is 74.0 Å². The summed E-state index contributed by atoms with van der Waals surface area (Å²) in [5.74, 6) is -0.421. The van der Waals surface area contributed by atoms with Crippen LogP contribution in [0.1, 0.15) is 16.1 Å². The number of aromatic nitrogens is 3. The second-order valence-electron chi connectivity index (χ2n) is 6.78. The van der Waals surface area contributed by atoms with E-state index in [2.05, 4.69) is 10.1 Å². The Morgan fingerprint density at radius 3 is 2.57 bits per heavy atom. The molecule has 160 valence electrons. The standard InChI is InChI=1S/C18H17ClF3N5O2S/c19-15-2-1-13(30-15)12-9-14(18(20,21)22)27-16(24-12)11(10-23-27)17(29)26-5-3-25(4-6-26)7-8-28/h1-2,9-10,28H,3-8H2. The van der Waals surface area contributed by atoms with Crippen molar-refractivity contribution in [3.63, 3.8) is 0 Å². The molecule has 0 unspecified atom stereocenters. The largest absolute Gasteiger partial charge is 0.433 e. The molecular weight excluding hydrogens is 443 g/mol. The van der Waals surface area contributed by atoms with Crippen LogP contribution in [-0.2, 0) is 6.18 Å². The first-order chi connectivity index (χ1) is 14.3. The molecule has 0 aliphatic carbocycles. The number of thiophene rings is 1. The highest BCUT2D eigenvalue weighted by molar-refractivity contribution is 7.19. The van der Waals surface area contributed by atoms with Crippen molar-refractivity contribution in [1.29, 1.82) is 0 Å². The number of carbonyl (C=O) groups is 1. The summed E-state index contributed by atoms with van der Waals surface area (Å²) in [5, 5.41) is 12.8. The third-order valence-electron chi connectivity index (χ3n) is 4.89. The molecule has 1 amide bonds. The van der Waals surface area contributed by atoms with Gasteiger partial charge in [-0.3, -0.25) is 9.69 Å². The van der Waals surface area contributed by atoms with Crippen LogP contribution in [0.15, 0.2) is 24.4 Å². The molecule has 0 radical (unpaired) electrons. The minimum atomic E-state index is -4.68. The van der Waals surface area contributed by atoms with Gasteiger partial charge in [-0.05, 0) is 18.2 Å². The Hall–Kier alpha value is -2.21. The van der Waals surface area contributed by atoms with Gasteiger partial charge >= 0.3 is 6.18 Å². The molecule has 0 spiro atoms. The van der Waals surface area contributed by atoms with Crippen molar-refractivity contribution in [3.8, 4) is 10.6 Å². The second kappa shape index (κ2) is 8.14. The number of aliphatic hydroxyl groups is 1. The van der Waals surface area contributed by atoms with Crippen LogP contribution in [-0.4, -0.2) is 74.7 Å². The summed E-state index contributed by atoms with van der Waals surface area (Å²) in [6, 6.07) is 4.07. The first kappa shape index (κ1) is 21.0. The highest BCUT2D eigenvalue weighted by Crippen LogP contribution is 2.35. The lowest BCUT2D eigenvalue weighted by Gasteiger charge is -2.34. The summed E-state index contributed by atoms with van der Waals surface area (Å²) in [4.78, 5) is 21.4. The minimum Gasteiger partial charge on any atom is -0.395 e. The van der Waals surface area contributed by atoms with E-state index in [9.17, 15) is 18.0 Å². The average Bonchev–Trinajstić information content (AvgIpc) is 3.33. The van der Waals surface area contributed by atoms with Gasteiger partial charge in [-0.15, -0.1) is 11.3 Å². The number of fused-ring (bicyclic) bond motifs is 1.